The predicted octanol–water partition coefficient (Wildman–Crippen LogP) is 2.77. The van der Waals surface area contributed by atoms with Gasteiger partial charge in [0.2, 0.25) is 10.0 Å². The Morgan fingerprint density at radius 2 is 1.78 bits per heavy atom. The Bertz CT molecular complexity index is 959. The number of ether oxygens (including phenoxy) is 1. The van der Waals surface area contributed by atoms with Crippen molar-refractivity contribution < 1.29 is 18.1 Å². The van der Waals surface area contributed by atoms with Crippen molar-refractivity contribution in [1.82, 2.24) is 4.31 Å². The molecule has 0 aromatic heterocycles. The lowest BCUT2D eigenvalue weighted by Crippen LogP contribution is -2.48. The molecule has 0 radical (unpaired) electrons. The summed E-state index contributed by atoms with van der Waals surface area (Å²) in [5, 5.41) is 10.9. The zero-order valence-electron chi connectivity index (χ0n) is 14.5. The van der Waals surface area contributed by atoms with Crippen molar-refractivity contribution >= 4 is 33.0 Å². The van der Waals surface area contributed by atoms with E-state index in [1.165, 1.54) is 16.4 Å². The second kappa shape index (κ2) is 7.71. The van der Waals surface area contributed by atoms with Gasteiger partial charge in [-0.15, -0.1) is 0 Å². The van der Waals surface area contributed by atoms with Crippen molar-refractivity contribution in [3.8, 4) is 5.75 Å². The second-order valence-corrected chi connectivity index (χ2v) is 8.28. The summed E-state index contributed by atoms with van der Waals surface area (Å²) in [5.41, 5.74) is 0.476. The molecule has 27 heavy (non-hydrogen) atoms. The monoisotopic (exact) mass is 411 g/mol. The number of sulfonamides is 1. The number of nitro benzene ring substituents is 1. The number of benzene rings is 2. The third-order valence-corrected chi connectivity index (χ3v) is 6.63. The first-order chi connectivity index (χ1) is 12.8. The third-order valence-electron chi connectivity index (χ3n) is 4.42. The Morgan fingerprint density at radius 1 is 1.11 bits per heavy atom. The lowest BCUT2D eigenvalue weighted by atomic mass is 10.2. The largest absolute Gasteiger partial charge is 0.495 e. The Balaban J connectivity index is 1.79. The quantitative estimate of drug-likeness (QED) is 0.554. The van der Waals surface area contributed by atoms with Crippen LogP contribution in [-0.2, 0) is 10.0 Å². The molecule has 1 aliphatic rings. The lowest BCUT2D eigenvalue weighted by molar-refractivity contribution is -0.384. The summed E-state index contributed by atoms with van der Waals surface area (Å²) in [6.45, 7) is 1.48. The molecule has 0 N–H and O–H groups in total. The summed E-state index contributed by atoms with van der Waals surface area (Å²) in [5.74, 6) is 0.724. The van der Waals surface area contributed by atoms with Crippen LogP contribution in [0, 0.1) is 10.1 Å². The number of hydrogen-bond acceptors (Lipinski definition) is 6. The van der Waals surface area contributed by atoms with Gasteiger partial charge >= 0.3 is 0 Å². The smallest absolute Gasteiger partial charge is 0.289 e. The summed E-state index contributed by atoms with van der Waals surface area (Å²) in [6, 6.07) is 11.1. The summed E-state index contributed by atoms with van der Waals surface area (Å²) in [7, 11) is -2.25. The van der Waals surface area contributed by atoms with Crippen molar-refractivity contribution in [1.29, 1.82) is 0 Å². The first-order valence-corrected chi connectivity index (χ1v) is 9.98. The van der Waals surface area contributed by atoms with Gasteiger partial charge in [0, 0.05) is 32.2 Å². The number of para-hydroxylation sites is 2. The van der Waals surface area contributed by atoms with Gasteiger partial charge in [-0.25, -0.2) is 8.42 Å². The van der Waals surface area contributed by atoms with E-state index in [9.17, 15) is 18.5 Å². The van der Waals surface area contributed by atoms with E-state index in [0.717, 1.165) is 17.5 Å². The zero-order chi connectivity index (χ0) is 19.6. The Hall–Kier alpha value is -2.36. The molecule has 1 heterocycles. The van der Waals surface area contributed by atoms with Crippen molar-refractivity contribution in [2.75, 3.05) is 38.2 Å². The highest BCUT2D eigenvalue weighted by Gasteiger charge is 2.30. The first-order valence-electron chi connectivity index (χ1n) is 8.16. The van der Waals surface area contributed by atoms with Crippen LogP contribution in [0.15, 0.2) is 47.4 Å². The van der Waals surface area contributed by atoms with E-state index in [1.54, 1.807) is 7.11 Å². The molecule has 1 aliphatic heterocycles. The maximum atomic E-state index is 12.9. The van der Waals surface area contributed by atoms with Crippen LogP contribution in [0.25, 0.3) is 0 Å². The summed E-state index contributed by atoms with van der Waals surface area (Å²) < 4.78 is 32.4. The SMILES string of the molecule is COc1ccccc1N1CCN(S(=O)(=O)c2ccc(Cl)c([N+](=O)[O-])c2)CC1. The Labute approximate surface area is 162 Å². The van der Waals surface area contributed by atoms with E-state index in [4.69, 9.17) is 16.3 Å². The average molecular weight is 412 g/mol. The Kier molecular flexibility index (Phi) is 5.54. The number of halogens is 1. The first kappa shape index (κ1) is 19.4. The van der Waals surface area contributed by atoms with Crippen molar-refractivity contribution in [2.45, 2.75) is 4.90 Å². The average Bonchev–Trinajstić information content (AvgIpc) is 2.68. The van der Waals surface area contributed by atoms with E-state index in [2.05, 4.69) is 4.90 Å². The minimum atomic E-state index is -3.84. The summed E-state index contributed by atoms with van der Waals surface area (Å²) in [4.78, 5) is 12.3. The van der Waals surface area contributed by atoms with Gasteiger partial charge in [0.25, 0.3) is 5.69 Å². The molecule has 0 aliphatic carbocycles. The number of methoxy groups -OCH3 is 1. The van der Waals surface area contributed by atoms with Crippen LogP contribution in [0.2, 0.25) is 5.02 Å². The maximum absolute atomic E-state index is 12.9. The fraction of sp³-hybridized carbons (Fsp3) is 0.294. The molecule has 0 atom stereocenters. The molecule has 8 nitrogen and oxygen atoms in total. The van der Waals surface area contributed by atoms with Crippen LogP contribution in [0.1, 0.15) is 0 Å². The van der Waals surface area contributed by atoms with E-state index >= 15 is 0 Å². The van der Waals surface area contributed by atoms with Crippen molar-refractivity contribution in [3.63, 3.8) is 0 Å². The standard InChI is InChI=1S/C17H18ClN3O5S/c1-26-17-5-3-2-4-15(17)19-8-10-20(11-9-19)27(24,25)13-6-7-14(18)16(12-13)21(22)23/h2-7,12H,8-11H2,1H3. The minimum absolute atomic E-state index is 0.0973. The molecule has 144 valence electrons. The molecule has 2 aromatic rings. The molecule has 10 heteroatoms. The fourth-order valence-electron chi connectivity index (χ4n) is 3.00. The van der Waals surface area contributed by atoms with Crippen molar-refractivity contribution in [3.05, 3.63) is 57.6 Å². The van der Waals surface area contributed by atoms with Crippen LogP contribution < -0.4 is 9.64 Å². The molecule has 2 aromatic carbocycles. The van der Waals surface area contributed by atoms with Gasteiger partial charge in [0.15, 0.2) is 0 Å². The van der Waals surface area contributed by atoms with E-state index in [0.29, 0.717) is 13.1 Å². The normalized spacial score (nSPS) is 15.6. The number of nitro groups is 1. The van der Waals surface area contributed by atoms with E-state index in [-0.39, 0.29) is 23.0 Å². The zero-order valence-corrected chi connectivity index (χ0v) is 16.1. The van der Waals surface area contributed by atoms with Gasteiger partial charge in [-0.3, -0.25) is 10.1 Å². The maximum Gasteiger partial charge on any atom is 0.289 e. The molecule has 0 spiro atoms. The number of piperazine rings is 1. The van der Waals surface area contributed by atoms with Gasteiger partial charge in [0.05, 0.1) is 22.6 Å². The van der Waals surface area contributed by atoms with Gasteiger partial charge in [-0.05, 0) is 24.3 Å². The molecule has 0 saturated carbocycles. The van der Waals surface area contributed by atoms with Crippen LogP contribution in [0.3, 0.4) is 0 Å². The fourth-order valence-corrected chi connectivity index (χ4v) is 4.63. The number of hydrogen-bond donors (Lipinski definition) is 0. The molecule has 1 fully saturated rings. The number of nitrogens with zero attached hydrogens (tertiary/aromatic N) is 3. The van der Waals surface area contributed by atoms with Gasteiger partial charge in [0.1, 0.15) is 10.8 Å². The molecular formula is C17H18ClN3O5S. The molecule has 3 rings (SSSR count). The van der Waals surface area contributed by atoms with Crippen LogP contribution in [-0.4, -0.2) is 50.9 Å². The second-order valence-electron chi connectivity index (χ2n) is 5.93. The van der Waals surface area contributed by atoms with Crippen LogP contribution >= 0.6 is 11.6 Å². The van der Waals surface area contributed by atoms with Gasteiger partial charge in [-0.1, -0.05) is 23.7 Å². The highest BCUT2D eigenvalue weighted by molar-refractivity contribution is 7.89. The summed E-state index contributed by atoms with van der Waals surface area (Å²) in [6.07, 6.45) is 0. The molecular weight excluding hydrogens is 394 g/mol. The topological polar surface area (TPSA) is 93.0 Å². The summed E-state index contributed by atoms with van der Waals surface area (Å²) >= 11 is 5.77. The van der Waals surface area contributed by atoms with Gasteiger partial charge in [-0.2, -0.15) is 4.31 Å². The highest BCUT2D eigenvalue weighted by atomic mass is 35.5. The van der Waals surface area contributed by atoms with Crippen LogP contribution in [0.4, 0.5) is 11.4 Å². The van der Waals surface area contributed by atoms with Crippen molar-refractivity contribution in [2.24, 2.45) is 0 Å². The van der Waals surface area contributed by atoms with E-state index in [1.807, 2.05) is 24.3 Å². The number of anilines is 1. The molecule has 0 unspecified atom stereocenters. The van der Waals surface area contributed by atoms with E-state index < -0.39 is 20.6 Å². The molecule has 0 bridgehead atoms. The lowest BCUT2D eigenvalue weighted by Gasteiger charge is -2.35. The predicted molar refractivity (Wildman–Crippen MR) is 102 cm³/mol. The third kappa shape index (κ3) is 3.85. The minimum Gasteiger partial charge on any atom is -0.495 e. The molecule has 1 saturated heterocycles. The van der Waals surface area contributed by atoms with Gasteiger partial charge < -0.3 is 9.64 Å². The molecule has 0 amide bonds. The van der Waals surface area contributed by atoms with Crippen LogP contribution in [0.5, 0.6) is 5.75 Å². The highest BCUT2D eigenvalue weighted by Crippen LogP contribution is 2.31. The number of rotatable bonds is 5. The Morgan fingerprint density at radius 3 is 2.41 bits per heavy atom.